The number of nitrogens with one attached hydrogen (secondary N) is 1. The molecule has 1 amide bonds. The van der Waals surface area contributed by atoms with Crippen LogP contribution in [0.2, 0.25) is 0 Å². The van der Waals surface area contributed by atoms with E-state index in [9.17, 15) is 22.8 Å². The number of hydrogen-bond acceptors (Lipinski definition) is 5. The number of hydrogen-bond donors (Lipinski definition) is 1. The van der Waals surface area contributed by atoms with Crippen molar-refractivity contribution in [1.29, 1.82) is 0 Å². The minimum absolute atomic E-state index is 0.178. The molecule has 0 radical (unpaired) electrons. The van der Waals surface area contributed by atoms with Gasteiger partial charge in [-0.15, -0.1) is 0 Å². The van der Waals surface area contributed by atoms with Crippen molar-refractivity contribution in [3.8, 4) is 0 Å². The zero-order chi connectivity index (χ0) is 22.3. The van der Waals surface area contributed by atoms with Crippen molar-refractivity contribution in [2.45, 2.75) is 38.8 Å². The van der Waals surface area contributed by atoms with Gasteiger partial charge in [0.2, 0.25) is 0 Å². The van der Waals surface area contributed by atoms with E-state index in [2.05, 4.69) is 19.9 Å². The quantitative estimate of drug-likeness (QED) is 0.672. The molecule has 0 bridgehead atoms. The number of piperidine rings is 1. The van der Waals surface area contributed by atoms with E-state index in [-0.39, 0.29) is 29.6 Å². The molecule has 4 heterocycles. The summed E-state index contributed by atoms with van der Waals surface area (Å²) in [5, 5.41) is -0.573. The van der Waals surface area contributed by atoms with Crippen molar-refractivity contribution in [3.05, 3.63) is 63.1 Å². The number of aromatic amines is 1. The van der Waals surface area contributed by atoms with E-state index in [0.29, 0.717) is 24.9 Å². The SMILES string of the molecule is Cc1ccc(C(=O)N2CCC[C@@H](c3cc(C(F)(F)F)c4c(=O)[nH]c(C)nc4n3)C2)cn1. The average Bonchev–Trinajstić information content (AvgIpc) is 2.72. The summed E-state index contributed by atoms with van der Waals surface area (Å²) in [6.45, 7) is 4.03. The second kappa shape index (κ2) is 7.75. The number of alkyl halides is 3. The number of aromatic nitrogens is 4. The van der Waals surface area contributed by atoms with E-state index >= 15 is 0 Å². The van der Waals surface area contributed by atoms with E-state index < -0.39 is 28.6 Å². The van der Waals surface area contributed by atoms with Crippen LogP contribution < -0.4 is 5.56 Å². The van der Waals surface area contributed by atoms with Crippen LogP contribution in [0.4, 0.5) is 13.2 Å². The van der Waals surface area contributed by atoms with Crippen molar-refractivity contribution < 1.29 is 18.0 Å². The van der Waals surface area contributed by atoms with Gasteiger partial charge in [0.25, 0.3) is 11.5 Å². The van der Waals surface area contributed by atoms with Crippen LogP contribution in [0.5, 0.6) is 0 Å². The maximum atomic E-state index is 13.7. The van der Waals surface area contributed by atoms with E-state index in [1.54, 1.807) is 17.0 Å². The van der Waals surface area contributed by atoms with Crippen molar-refractivity contribution in [3.63, 3.8) is 0 Å². The van der Waals surface area contributed by atoms with E-state index in [4.69, 9.17) is 0 Å². The molecule has 4 rings (SSSR count). The minimum Gasteiger partial charge on any atom is -0.338 e. The number of amides is 1. The molecular formula is C21H20F3N5O2. The first-order valence-electron chi connectivity index (χ1n) is 9.84. The molecule has 1 atom stereocenters. The summed E-state index contributed by atoms with van der Waals surface area (Å²) in [6.07, 6.45) is -2.04. The van der Waals surface area contributed by atoms with Gasteiger partial charge in [-0.3, -0.25) is 14.6 Å². The number of nitrogens with zero attached hydrogens (tertiary/aromatic N) is 4. The van der Waals surface area contributed by atoms with Gasteiger partial charge in [-0.2, -0.15) is 13.2 Å². The fourth-order valence-electron chi connectivity index (χ4n) is 3.88. The lowest BCUT2D eigenvalue weighted by molar-refractivity contribution is -0.136. The van der Waals surface area contributed by atoms with Gasteiger partial charge in [0, 0.05) is 36.6 Å². The van der Waals surface area contributed by atoms with Crippen LogP contribution in [0.1, 0.15) is 51.9 Å². The Balaban J connectivity index is 1.72. The van der Waals surface area contributed by atoms with Crippen LogP contribution in [-0.4, -0.2) is 43.8 Å². The fraction of sp³-hybridized carbons (Fsp3) is 0.381. The first kappa shape index (κ1) is 21.0. The number of carbonyl (C=O) groups is 1. The van der Waals surface area contributed by atoms with Crippen LogP contribution in [0, 0.1) is 13.8 Å². The Bertz CT molecular complexity index is 1200. The Morgan fingerprint density at radius 2 is 2.00 bits per heavy atom. The molecule has 0 saturated carbocycles. The monoisotopic (exact) mass is 431 g/mol. The lowest BCUT2D eigenvalue weighted by Crippen LogP contribution is -2.39. The molecule has 3 aromatic heterocycles. The third-order valence-corrected chi connectivity index (χ3v) is 5.41. The summed E-state index contributed by atoms with van der Waals surface area (Å²) < 4.78 is 41.2. The van der Waals surface area contributed by atoms with Crippen LogP contribution >= 0.6 is 0 Å². The standard InChI is InChI=1S/C21H20F3N5O2/c1-11-5-6-13(9-25-11)20(31)29-7-3-4-14(10-29)16-8-15(21(22,23)24)17-18(28-16)26-12(2)27-19(17)30/h5-6,8-9,14H,3-4,7,10H2,1-2H3,(H,26,27,28,30)/t14-/m1/s1. The summed E-state index contributed by atoms with van der Waals surface area (Å²) >= 11 is 0. The Hall–Kier alpha value is -3.30. The predicted octanol–water partition coefficient (Wildman–Crippen LogP) is 3.37. The van der Waals surface area contributed by atoms with Crippen molar-refractivity contribution >= 4 is 16.9 Å². The van der Waals surface area contributed by atoms with Gasteiger partial charge in [0.05, 0.1) is 16.5 Å². The summed E-state index contributed by atoms with van der Waals surface area (Å²) in [6, 6.07) is 4.34. The maximum absolute atomic E-state index is 13.7. The third-order valence-electron chi connectivity index (χ3n) is 5.41. The fourth-order valence-corrected chi connectivity index (χ4v) is 3.88. The number of carbonyl (C=O) groups excluding carboxylic acids is 1. The lowest BCUT2D eigenvalue weighted by Gasteiger charge is -2.32. The molecule has 0 aromatic carbocycles. The average molecular weight is 431 g/mol. The summed E-state index contributed by atoms with van der Waals surface area (Å²) in [5.74, 6) is -0.440. The normalized spacial score (nSPS) is 17.2. The highest BCUT2D eigenvalue weighted by Gasteiger charge is 2.36. The second-order valence-corrected chi connectivity index (χ2v) is 7.72. The van der Waals surface area contributed by atoms with E-state index in [0.717, 1.165) is 11.8 Å². The number of H-pyrrole nitrogens is 1. The van der Waals surface area contributed by atoms with Gasteiger partial charge in [-0.1, -0.05) is 0 Å². The Morgan fingerprint density at radius 3 is 2.68 bits per heavy atom. The molecule has 1 saturated heterocycles. The molecule has 7 nitrogen and oxygen atoms in total. The van der Waals surface area contributed by atoms with Crippen LogP contribution in [-0.2, 0) is 6.18 Å². The number of halogens is 3. The largest absolute Gasteiger partial charge is 0.417 e. The van der Waals surface area contributed by atoms with Crippen molar-refractivity contribution in [2.75, 3.05) is 13.1 Å². The van der Waals surface area contributed by atoms with Crippen molar-refractivity contribution in [2.24, 2.45) is 0 Å². The molecule has 1 fully saturated rings. The Morgan fingerprint density at radius 1 is 1.23 bits per heavy atom. The van der Waals surface area contributed by atoms with Gasteiger partial charge in [-0.25, -0.2) is 9.97 Å². The molecule has 1 N–H and O–H groups in total. The number of fused-ring (bicyclic) bond motifs is 1. The highest BCUT2D eigenvalue weighted by Crippen LogP contribution is 2.36. The Labute approximate surface area is 175 Å². The van der Waals surface area contributed by atoms with Crippen molar-refractivity contribution in [1.82, 2.24) is 24.8 Å². The minimum atomic E-state index is -4.74. The summed E-state index contributed by atoms with van der Waals surface area (Å²) in [5.41, 5.74) is -0.786. The molecule has 10 heteroatoms. The molecule has 1 aliphatic rings. The molecular weight excluding hydrogens is 411 g/mol. The molecule has 3 aromatic rings. The molecule has 1 aliphatic heterocycles. The van der Waals surface area contributed by atoms with Gasteiger partial charge >= 0.3 is 6.18 Å². The third kappa shape index (κ3) is 4.14. The molecule has 31 heavy (non-hydrogen) atoms. The number of pyridine rings is 2. The number of rotatable bonds is 2. The molecule has 162 valence electrons. The van der Waals surface area contributed by atoms with Crippen LogP contribution in [0.25, 0.3) is 11.0 Å². The highest BCUT2D eigenvalue weighted by atomic mass is 19.4. The second-order valence-electron chi connectivity index (χ2n) is 7.72. The zero-order valence-corrected chi connectivity index (χ0v) is 17.0. The van der Waals surface area contributed by atoms with Gasteiger partial charge in [0.15, 0.2) is 5.65 Å². The van der Waals surface area contributed by atoms with Gasteiger partial charge < -0.3 is 9.88 Å². The van der Waals surface area contributed by atoms with E-state index in [1.807, 2.05) is 6.92 Å². The maximum Gasteiger partial charge on any atom is 0.417 e. The zero-order valence-electron chi connectivity index (χ0n) is 17.0. The first-order chi connectivity index (χ1) is 14.6. The first-order valence-corrected chi connectivity index (χ1v) is 9.84. The van der Waals surface area contributed by atoms with Crippen LogP contribution in [0.3, 0.4) is 0 Å². The molecule has 0 spiro atoms. The topological polar surface area (TPSA) is 91.8 Å². The Kier molecular flexibility index (Phi) is 5.24. The number of likely N-dealkylation sites (tertiary alicyclic amines) is 1. The lowest BCUT2D eigenvalue weighted by atomic mass is 9.92. The smallest absolute Gasteiger partial charge is 0.338 e. The van der Waals surface area contributed by atoms with Crippen LogP contribution in [0.15, 0.2) is 29.2 Å². The summed E-state index contributed by atoms with van der Waals surface area (Å²) in [4.78, 5) is 41.4. The highest BCUT2D eigenvalue weighted by molar-refractivity contribution is 5.94. The van der Waals surface area contributed by atoms with E-state index in [1.165, 1.54) is 13.1 Å². The van der Waals surface area contributed by atoms with Gasteiger partial charge in [-0.05, 0) is 44.9 Å². The molecule has 0 unspecified atom stereocenters. The number of aryl methyl sites for hydroxylation is 2. The molecule has 0 aliphatic carbocycles. The summed E-state index contributed by atoms with van der Waals surface area (Å²) in [7, 11) is 0. The van der Waals surface area contributed by atoms with Gasteiger partial charge in [0.1, 0.15) is 5.82 Å². The predicted molar refractivity (Wildman–Crippen MR) is 107 cm³/mol.